The number of thiophene rings is 1. The van der Waals surface area contributed by atoms with Crippen LogP contribution in [0.15, 0.2) is 35.2 Å². The number of benzene rings is 1. The van der Waals surface area contributed by atoms with Gasteiger partial charge in [-0.2, -0.15) is 0 Å². The highest BCUT2D eigenvalue weighted by molar-refractivity contribution is 7.93. The second-order valence-electron chi connectivity index (χ2n) is 4.93. The Morgan fingerprint density at radius 2 is 1.91 bits per heavy atom. The lowest BCUT2D eigenvalue weighted by molar-refractivity contribution is -0.141. The number of nitrogens with one attached hydrogen (secondary N) is 1. The van der Waals surface area contributed by atoms with Crippen molar-refractivity contribution in [3.63, 3.8) is 0 Å². The summed E-state index contributed by atoms with van der Waals surface area (Å²) in [5.74, 6) is -1.39. The highest BCUT2D eigenvalue weighted by Gasteiger charge is 2.21. The predicted molar refractivity (Wildman–Crippen MR) is 92.1 cm³/mol. The largest absolute Gasteiger partial charge is 0.481 e. The standard InChI is InChI=1S/C14H13Cl2NO4S2/c1-8(14(18)19)6-9-2-4-10(5-3-9)17-23(20,21)11-7-12(15)22-13(11)16/h2-5,7-8,17H,6H2,1H3,(H,18,19)/t8-/m0/s1. The van der Waals surface area contributed by atoms with E-state index in [1.165, 1.54) is 6.07 Å². The molecule has 0 aliphatic heterocycles. The van der Waals surface area contributed by atoms with E-state index in [-0.39, 0.29) is 13.6 Å². The molecule has 0 aliphatic carbocycles. The first kappa shape index (κ1) is 18.1. The fourth-order valence-electron chi connectivity index (χ4n) is 1.87. The topological polar surface area (TPSA) is 83.5 Å². The molecule has 2 N–H and O–H groups in total. The van der Waals surface area contributed by atoms with Gasteiger partial charge in [0.25, 0.3) is 10.0 Å². The van der Waals surface area contributed by atoms with E-state index < -0.39 is 21.9 Å². The molecule has 0 unspecified atom stereocenters. The average Bonchev–Trinajstić information content (AvgIpc) is 2.80. The summed E-state index contributed by atoms with van der Waals surface area (Å²) in [6, 6.07) is 7.80. The normalized spacial score (nSPS) is 12.8. The molecule has 2 rings (SSSR count). The van der Waals surface area contributed by atoms with E-state index in [9.17, 15) is 13.2 Å². The first-order valence-electron chi connectivity index (χ1n) is 6.48. The Morgan fingerprint density at radius 3 is 2.39 bits per heavy atom. The van der Waals surface area contributed by atoms with Crippen LogP contribution in [0.25, 0.3) is 0 Å². The van der Waals surface area contributed by atoms with Crippen molar-refractivity contribution in [2.24, 2.45) is 5.92 Å². The quantitative estimate of drug-likeness (QED) is 0.772. The lowest BCUT2D eigenvalue weighted by Gasteiger charge is -2.09. The van der Waals surface area contributed by atoms with Crippen molar-refractivity contribution in [2.45, 2.75) is 18.2 Å². The Kier molecular flexibility index (Phi) is 5.57. The minimum Gasteiger partial charge on any atom is -0.481 e. The highest BCUT2D eigenvalue weighted by atomic mass is 35.5. The van der Waals surface area contributed by atoms with E-state index >= 15 is 0 Å². The predicted octanol–water partition coefficient (Wildman–Crippen LogP) is 4.12. The first-order chi connectivity index (χ1) is 10.7. The van der Waals surface area contributed by atoms with E-state index in [4.69, 9.17) is 28.3 Å². The minimum atomic E-state index is -3.82. The molecule has 1 heterocycles. The average molecular weight is 394 g/mol. The van der Waals surface area contributed by atoms with Crippen LogP contribution in [-0.4, -0.2) is 19.5 Å². The third-order valence-corrected chi connectivity index (χ3v) is 6.22. The van der Waals surface area contributed by atoms with Gasteiger partial charge in [0.2, 0.25) is 0 Å². The summed E-state index contributed by atoms with van der Waals surface area (Å²) in [4.78, 5) is 10.8. The van der Waals surface area contributed by atoms with Crippen LogP contribution in [0.4, 0.5) is 5.69 Å². The third-order valence-electron chi connectivity index (χ3n) is 3.08. The number of anilines is 1. The fraction of sp³-hybridized carbons (Fsp3) is 0.214. The molecule has 0 bridgehead atoms. The van der Waals surface area contributed by atoms with Crippen LogP contribution in [0.2, 0.25) is 8.67 Å². The van der Waals surface area contributed by atoms with Crippen LogP contribution in [-0.2, 0) is 21.2 Å². The zero-order valence-electron chi connectivity index (χ0n) is 11.9. The van der Waals surface area contributed by atoms with Gasteiger partial charge in [-0.05, 0) is 30.2 Å². The number of hydrogen-bond acceptors (Lipinski definition) is 4. The van der Waals surface area contributed by atoms with Gasteiger partial charge in [-0.15, -0.1) is 11.3 Å². The van der Waals surface area contributed by atoms with Crippen molar-refractivity contribution in [3.8, 4) is 0 Å². The summed E-state index contributed by atoms with van der Waals surface area (Å²) >= 11 is 12.6. The van der Waals surface area contributed by atoms with Gasteiger partial charge in [-0.25, -0.2) is 8.42 Å². The highest BCUT2D eigenvalue weighted by Crippen LogP contribution is 2.35. The fourth-order valence-corrected chi connectivity index (χ4v) is 5.08. The van der Waals surface area contributed by atoms with Crippen molar-refractivity contribution >= 4 is 56.2 Å². The van der Waals surface area contributed by atoms with Gasteiger partial charge < -0.3 is 5.11 Å². The van der Waals surface area contributed by atoms with Gasteiger partial charge >= 0.3 is 5.97 Å². The van der Waals surface area contributed by atoms with Crippen LogP contribution in [0.1, 0.15) is 12.5 Å². The van der Waals surface area contributed by atoms with Crippen molar-refractivity contribution < 1.29 is 18.3 Å². The van der Waals surface area contributed by atoms with E-state index in [1.54, 1.807) is 31.2 Å². The molecule has 0 saturated heterocycles. The lowest BCUT2D eigenvalue weighted by Crippen LogP contribution is -2.13. The summed E-state index contributed by atoms with van der Waals surface area (Å²) in [5.41, 5.74) is 1.16. The molecule has 0 spiro atoms. The molecule has 23 heavy (non-hydrogen) atoms. The Hall–Kier alpha value is -1.28. The van der Waals surface area contributed by atoms with Crippen molar-refractivity contribution in [2.75, 3.05) is 4.72 Å². The van der Waals surface area contributed by atoms with Gasteiger partial charge in [0.15, 0.2) is 0 Å². The Labute approximate surface area is 147 Å². The molecule has 0 aliphatic rings. The summed E-state index contributed by atoms with van der Waals surface area (Å²) in [6.07, 6.45) is 0.369. The number of aliphatic carboxylic acids is 1. The number of carboxylic acid groups (broad SMARTS) is 1. The molecule has 2 aromatic rings. The summed E-state index contributed by atoms with van der Waals surface area (Å²) in [6.45, 7) is 1.61. The van der Waals surface area contributed by atoms with Crippen LogP contribution in [0, 0.1) is 5.92 Å². The third kappa shape index (κ3) is 4.60. The first-order valence-corrected chi connectivity index (χ1v) is 9.54. The Balaban J connectivity index is 2.14. The molecule has 5 nitrogen and oxygen atoms in total. The van der Waals surface area contributed by atoms with Crippen molar-refractivity contribution in [1.29, 1.82) is 0 Å². The molecular formula is C14H13Cl2NO4S2. The zero-order chi connectivity index (χ0) is 17.2. The summed E-state index contributed by atoms with van der Waals surface area (Å²) in [7, 11) is -3.82. The van der Waals surface area contributed by atoms with E-state index in [0.29, 0.717) is 12.1 Å². The van der Waals surface area contributed by atoms with Crippen LogP contribution in [0.3, 0.4) is 0 Å². The van der Waals surface area contributed by atoms with Crippen LogP contribution >= 0.6 is 34.5 Å². The monoisotopic (exact) mass is 393 g/mol. The maximum Gasteiger partial charge on any atom is 0.306 e. The van der Waals surface area contributed by atoms with E-state index in [1.807, 2.05) is 0 Å². The zero-order valence-corrected chi connectivity index (χ0v) is 15.1. The molecule has 124 valence electrons. The number of halogens is 2. The maximum absolute atomic E-state index is 12.3. The smallest absolute Gasteiger partial charge is 0.306 e. The number of sulfonamides is 1. The second-order valence-corrected chi connectivity index (χ2v) is 8.87. The molecule has 0 saturated carbocycles. The van der Waals surface area contributed by atoms with Gasteiger partial charge in [-0.1, -0.05) is 42.3 Å². The molecular weight excluding hydrogens is 381 g/mol. The van der Waals surface area contributed by atoms with Gasteiger partial charge in [-0.3, -0.25) is 9.52 Å². The van der Waals surface area contributed by atoms with Crippen molar-refractivity contribution in [3.05, 3.63) is 44.6 Å². The van der Waals surface area contributed by atoms with Gasteiger partial charge in [0.1, 0.15) is 9.23 Å². The van der Waals surface area contributed by atoms with Crippen LogP contribution in [0.5, 0.6) is 0 Å². The number of carbonyl (C=O) groups is 1. The molecule has 0 amide bonds. The number of hydrogen-bond donors (Lipinski definition) is 2. The lowest BCUT2D eigenvalue weighted by atomic mass is 10.0. The van der Waals surface area contributed by atoms with E-state index in [2.05, 4.69) is 4.72 Å². The molecule has 0 fully saturated rings. The maximum atomic E-state index is 12.3. The van der Waals surface area contributed by atoms with Gasteiger partial charge in [0.05, 0.1) is 10.3 Å². The minimum absolute atomic E-state index is 0.0715. The molecule has 9 heteroatoms. The molecule has 1 aromatic carbocycles. The molecule has 1 atom stereocenters. The van der Waals surface area contributed by atoms with Crippen molar-refractivity contribution in [1.82, 2.24) is 0 Å². The Morgan fingerprint density at radius 1 is 1.30 bits per heavy atom. The molecule has 0 radical (unpaired) electrons. The summed E-state index contributed by atoms with van der Waals surface area (Å²) < 4.78 is 27.3. The number of rotatable bonds is 6. The number of carboxylic acids is 1. The van der Waals surface area contributed by atoms with Crippen LogP contribution < -0.4 is 4.72 Å². The Bertz CT molecular complexity index is 816. The SMILES string of the molecule is C[C@@H](Cc1ccc(NS(=O)(=O)c2cc(Cl)sc2Cl)cc1)C(=O)O. The summed E-state index contributed by atoms with van der Waals surface area (Å²) in [5, 5.41) is 8.89. The van der Waals surface area contributed by atoms with Gasteiger partial charge in [0, 0.05) is 5.69 Å². The second kappa shape index (κ2) is 7.09. The molecule has 1 aromatic heterocycles. The van der Waals surface area contributed by atoms with E-state index in [0.717, 1.165) is 16.9 Å².